The molecule has 10 heteroatoms. The molecule has 170 valence electrons. The van der Waals surface area contributed by atoms with Crippen LogP contribution in [0, 0.1) is 0 Å². The summed E-state index contributed by atoms with van der Waals surface area (Å²) < 4.78 is 72.4. The van der Waals surface area contributed by atoms with Crippen molar-refractivity contribution in [3.05, 3.63) is 58.6 Å². The number of hydrogen-bond acceptors (Lipinski definition) is 4. The van der Waals surface area contributed by atoms with Gasteiger partial charge in [-0.3, -0.25) is 4.90 Å². The lowest BCUT2D eigenvalue weighted by atomic mass is 10.2. The van der Waals surface area contributed by atoms with Crippen LogP contribution in [0.5, 0.6) is 5.75 Å². The van der Waals surface area contributed by atoms with E-state index in [-0.39, 0.29) is 11.1 Å². The smallest absolute Gasteiger partial charge is 0.416 e. The summed E-state index contributed by atoms with van der Waals surface area (Å²) in [5, 5.41) is -0.284. The van der Waals surface area contributed by atoms with Crippen LogP contribution in [0.2, 0.25) is 5.02 Å². The van der Waals surface area contributed by atoms with E-state index >= 15 is 0 Å². The molecule has 0 aliphatic carbocycles. The minimum atomic E-state index is -4.69. The number of nitrogens with zero attached hydrogens (tertiary/aromatic N) is 1. The third-order valence-corrected chi connectivity index (χ3v) is 6.52. The highest BCUT2D eigenvalue weighted by atomic mass is 35.5. The summed E-state index contributed by atoms with van der Waals surface area (Å²) in [4.78, 5) is 1.59. The summed E-state index contributed by atoms with van der Waals surface area (Å²) in [5.41, 5.74) is -0.0393. The molecule has 0 saturated carbocycles. The number of sulfonamides is 1. The number of nitrogens with one attached hydrogen (secondary N) is 1. The lowest BCUT2D eigenvalue weighted by molar-refractivity contribution is -0.137. The van der Waals surface area contributed by atoms with Gasteiger partial charge in [-0.25, -0.2) is 13.1 Å². The number of rotatable bonds is 7. The second-order valence-corrected chi connectivity index (χ2v) is 9.98. The van der Waals surface area contributed by atoms with Crippen molar-refractivity contribution in [3.8, 4) is 5.75 Å². The highest BCUT2D eigenvalue weighted by Gasteiger charge is 2.33. The molecule has 2 aromatic rings. The van der Waals surface area contributed by atoms with E-state index in [4.69, 9.17) is 16.3 Å². The fourth-order valence-corrected chi connectivity index (χ4v) is 5.08. The van der Waals surface area contributed by atoms with E-state index in [1.165, 1.54) is 0 Å². The van der Waals surface area contributed by atoms with E-state index in [1.54, 1.807) is 0 Å². The zero-order valence-electron chi connectivity index (χ0n) is 17.1. The Morgan fingerprint density at radius 1 is 1.19 bits per heavy atom. The van der Waals surface area contributed by atoms with E-state index in [2.05, 4.69) is 9.62 Å². The van der Waals surface area contributed by atoms with Crippen molar-refractivity contribution in [1.82, 2.24) is 9.62 Å². The van der Waals surface area contributed by atoms with Gasteiger partial charge >= 0.3 is 6.18 Å². The number of benzene rings is 2. The average Bonchev–Trinajstić information content (AvgIpc) is 3.08. The molecular weight excluding hydrogens is 453 g/mol. The molecule has 3 rings (SSSR count). The second kappa shape index (κ2) is 9.36. The van der Waals surface area contributed by atoms with Crippen LogP contribution in [0.3, 0.4) is 0 Å². The molecule has 1 heterocycles. The van der Waals surface area contributed by atoms with Crippen LogP contribution in [0.4, 0.5) is 13.2 Å². The van der Waals surface area contributed by atoms with Gasteiger partial charge in [-0.2, -0.15) is 13.2 Å². The first-order valence-corrected chi connectivity index (χ1v) is 11.7. The maximum absolute atomic E-state index is 13.0. The number of halogens is 4. The highest BCUT2D eigenvalue weighted by Crippen LogP contribution is 2.33. The Bertz CT molecular complexity index is 1010. The summed E-state index contributed by atoms with van der Waals surface area (Å²) in [6.07, 6.45) is -4.04. The quantitative estimate of drug-likeness (QED) is 0.629. The lowest BCUT2D eigenvalue weighted by Crippen LogP contribution is -2.37. The zero-order chi connectivity index (χ0) is 22.8. The van der Waals surface area contributed by atoms with Crippen LogP contribution in [0.25, 0.3) is 0 Å². The Hall–Kier alpha value is -1.81. The van der Waals surface area contributed by atoms with Crippen LogP contribution in [0.1, 0.15) is 31.4 Å². The van der Waals surface area contributed by atoms with Gasteiger partial charge in [-0.1, -0.05) is 23.7 Å². The molecule has 0 spiro atoms. The third kappa shape index (κ3) is 6.58. The van der Waals surface area contributed by atoms with E-state index in [0.717, 1.165) is 17.4 Å². The van der Waals surface area contributed by atoms with E-state index in [9.17, 15) is 21.6 Å². The molecule has 2 aromatic carbocycles. The molecule has 0 amide bonds. The molecular formula is C21H24ClF3N2O3S. The molecule has 1 saturated heterocycles. The maximum Gasteiger partial charge on any atom is 0.416 e. The Labute approximate surface area is 185 Å². The van der Waals surface area contributed by atoms with Crippen molar-refractivity contribution in [2.45, 2.75) is 50.0 Å². The van der Waals surface area contributed by atoms with E-state index in [1.807, 2.05) is 38.1 Å². The van der Waals surface area contributed by atoms with Crippen LogP contribution in [-0.2, 0) is 22.7 Å². The van der Waals surface area contributed by atoms with Crippen molar-refractivity contribution in [2.24, 2.45) is 0 Å². The summed E-state index contributed by atoms with van der Waals surface area (Å²) in [5.74, 6) is 0.783. The SMILES string of the molecule is CC(C)Oc1ccc(CN2CC[C@@H](NS(=O)(=O)c3cc(Cl)cc(C(F)(F)F)c3)C2)cc1. The minimum absolute atomic E-state index is 0.0879. The topological polar surface area (TPSA) is 58.6 Å². The number of ether oxygens (including phenoxy) is 1. The standard InChI is InChI=1S/C21H24ClF3N2O3S/c1-14(2)30-19-5-3-15(4-6-19)12-27-8-7-18(13-27)26-31(28,29)20-10-16(21(23,24)25)9-17(22)11-20/h3-6,9-11,14,18,26H,7-8,12-13H2,1-2H3/t18-/m1/s1. The Morgan fingerprint density at radius 2 is 1.87 bits per heavy atom. The number of hydrogen-bond donors (Lipinski definition) is 1. The van der Waals surface area contributed by atoms with Gasteiger partial charge in [-0.15, -0.1) is 0 Å². The molecule has 0 unspecified atom stereocenters. The molecule has 0 bridgehead atoms. The van der Waals surface area contributed by atoms with Gasteiger partial charge in [0, 0.05) is 30.7 Å². The summed E-state index contributed by atoms with van der Waals surface area (Å²) >= 11 is 5.72. The van der Waals surface area contributed by atoms with Crippen LogP contribution < -0.4 is 9.46 Å². The zero-order valence-corrected chi connectivity index (χ0v) is 18.7. The van der Waals surface area contributed by atoms with Crippen molar-refractivity contribution < 1.29 is 26.3 Å². The molecule has 1 aliphatic heterocycles. The van der Waals surface area contributed by atoms with Crippen LogP contribution in [0.15, 0.2) is 47.4 Å². The monoisotopic (exact) mass is 476 g/mol. The highest BCUT2D eigenvalue weighted by molar-refractivity contribution is 7.89. The predicted molar refractivity (Wildman–Crippen MR) is 113 cm³/mol. The summed E-state index contributed by atoms with van der Waals surface area (Å²) in [6, 6.07) is 9.62. The van der Waals surface area contributed by atoms with Crippen molar-refractivity contribution in [2.75, 3.05) is 13.1 Å². The van der Waals surface area contributed by atoms with Gasteiger partial charge in [0.1, 0.15) is 5.75 Å². The van der Waals surface area contributed by atoms with Crippen molar-refractivity contribution in [3.63, 3.8) is 0 Å². The molecule has 1 atom stereocenters. The van der Waals surface area contributed by atoms with Gasteiger partial charge in [-0.05, 0) is 56.2 Å². The van der Waals surface area contributed by atoms with Crippen LogP contribution in [-0.4, -0.2) is 38.6 Å². The van der Waals surface area contributed by atoms with E-state index in [0.29, 0.717) is 38.2 Å². The first kappa shape index (κ1) is 23.8. The molecule has 0 radical (unpaired) electrons. The van der Waals surface area contributed by atoms with Gasteiger partial charge in [0.25, 0.3) is 0 Å². The Morgan fingerprint density at radius 3 is 2.48 bits per heavy atom. The third-order valence-electron chi connectivity index (χ3n) is 4.80. The molecule has 5 nitrogen and oxygen atoms in total. The van der Waals surface area contributed by atoms with Gasteiger partial charge in [0.05, 0.1) is 16.6 Å². The predicted octanol–water partition coefficient (Wildman–Crippen LogP) is 4.70. The van der Waals surface area contributed by atoms with Crippen molar-refractivity contribution >= 4 is 21.6 Å². The normalized spacial score (nSPS) is 18.0. The second-order valence-electron chi connectivity index (χ2n) is 7.83. The average molecular weight is 477 g/mol. The largest absolute Gasteiger partial charge is 0.491 e. The molecule has 1 fully saturated rings. The van der Waals surface area contributed by atoms with Crippen LogP contribution >= 0.6 is 11.6 Å². The minimum Gasteiger partial charge on any atom is -0.491 e. The van der Waals surface area contributed by atoms with Gasteiger partial charge < -0.3 is 4.74 Å². The Kier molecular flexibility index (Phi) is 7.20. The lowest BCUT2D eigenvalue weighted by Gasteiger charge is -2.18. The molecule has 1 N–H and O–H groups in total. The van der Waals surface area contributed by atoms with Gasteiger partial charge in [0.2, 0.25) is 10.0 Å². The number of likely N-dealkylation sites (tertiary alicyclic amines) is 1. The molecule has 1 aliphatic rings. The fourth-order valence-electron chi connectivity index (χ4n) is 3.45. The summed E-state index contributed by atoms with van der Waals surface area (Å²) in [7, 11) is -4.14. The number of alkyl halides is 3. The summed E-state index contributed by atoms with van der Waals surface area (Å²) in [6.45, 7) is 5.66. The van der Waals surface area contributed by atoms with E-state index < -0.39 is 32.7 Å². The fraction of sp³-hybridized carbons (Fsp3) is 0.429. The molecule has 0 aromatic heterocycles. The van der Waals surface area contributed by atoms with Gasteiger partial charge in [0.15, 0.2) is 0 Å². The first-order chi connectivity index (χ1) is 14.4. The molecule has 31 heavy (non-hydrogen) atoms. The Balaban J connectivity index is 1.62. The maximum atomic E-state index is 13.0. The first-order valence-electron chi connectivity index (χ1n) is 9.80. The van der Waals surface area contributed by atoms with Crippen molar-refractivity contribution in [1.29, 1.82) is 0 Å².